The highest BCUT2D eigenvalue weighted by molar-refractivity contribution is 5.70. The molecule has 1 aromatic heterocycles. The Labute approximate surface area is 126 Å². The van der Waals surface area contributed by atoms with Crippen LogP contribution in [-0.4, -0.2) is 42.2 Å². The maximum Gasteiger partial charge on any atom is 0.308 e. The number of nitrogens with zero attached hydrogens (tertiary/aromatic N) is 3. The molecule has 2 rings (SSSR count). The molecule has 1 aliphatic heterocycles. The standard InChI is InChI=1S/C16H25N3O2/c1-3-8-19(12-13(2)16(20)21)14-6-7-15(17-11-14)18-9-4-5-10-18/h6-7,11,13H,3-5,8-10,12H2,1-2H3,(H,20,21). The lowest BCUT2D eigenvalue weighted by molar-refractivity contribution is -0.140. The van der Waals surface area contributed by atoms with Crippen LogP contribution < -0.4 is 9.80 Å². The molecule has 21 heavy (non-hydrogen) atoms. The average molecular weight is 291 g/mol. The van der Waals surface area contributed by atoms with Crippen LogP contribution >= 0.6 is 0 Å². The summed E-state index contributed by atoms with van der Waals surface area (Å²) in [5, 5.41) is 9.08. The fraction of sp³-hybridized carbons (Fsp3) is 0.625. The molecule has 0 aromatic carbocycles. The lowest BCUT2D eigenvalue weighted by Crippen LogP contribution is -2.32. The number of carboxylic acid groups (broad SMARTS) is 1. The van der Waals surface area contributed by atoms with Crippen molar-refractivity contribution in [2.24, 2.45) is 5.92 Å². The number of hydrogen-bond acceptors (Lipinski definition) is 4. The SMILES string of the molecule is CCCN(CC(C)C(=O)O)c1ccc(N2CCCC2)nc1. The highest BCUT2D eigenvalue weighted by Crippen LogP contribution is 2.22. The number of carboxylic acids is 1. The van der Waals surface area contributed by atoms with Crippen molar-refractivity contribution in [2.45, 2.75) is 33.1 Å². The first-order chi connectivity index (χ1) is 10.1. The van der Waals surface area contributed by atoms with Crippen molar-refractivity contribution in [1.29, 1.82) is 0 Å². The second-order valence-corrected chi connectivity index (χ2v) is 5.75. The molecule has 1 saturated heterocycles. The van der Waals surface area contributed by atoms with Crippen molar-refractivity contribution in [3.05, 3.63) is 18.3 Å². The summed E-state index contributed by atoms with van der Waals surface area (Å²) in [7, 11) is 0. The van der Waals surface area contributed by atoms with Gasteiger partial charge >= 0.3 is 5.97 Å². The number of anilines is 2. The minimum Gasteiger partial charge on any atom is -0.481 e. The molecule has 0 radical (unpaired) electrons. The second-order valence-electron chi connectivity index (χ2n) is 5.75. The minimum absolute atomic E-state index is 0.380. The Morgan fingerprint density at radius 3 is 2.67 bits per heavy atom. The van der Waals surface area contributed by atoms with Gasteiger partial charge in [-0.2, -0.15) is 0 Å². The van der Waals surface area contributed by atoms with Gasteiger partial charge in [-0.3, -0.25) is 4.79 Å². The van der Waals surface area contributed by atoms with E-state index in [1.165, 1.54) is 12.8 Å². The summed E-state index contributed by atoms with van der Waals surface area (Å²) in [5.74, 6) is -0.105. The van der Waals surface area contributed by atoms with Crippen LogP contribution in [0.4, 0.5) is 11.5 Å². The van der Waals surface area contributed by atoms with Crippen LogP contribution in [0.15, 0.2) is 18.3 Å². The van der Waals surface area contributed by atoms with E-state index in [1.807, 2.05) is 6.20 Å². The summed E-state index contributed by atoms with van der Waals surface area (Å²) in [5.41, 5.74) is 1.01. The Morgan fingerprint density at radius 2 is 2.14 bits per heavy atom. The molecule has 1 aliphatic rings. The molecule has 0 bridgehead atoms. The van der Waals surface area contributed by atoms with Gasteiger partial charge in [0, 0.05) is 26.2 Å². The largest absolute Gasteiger partial charge is 0.481 e. The van der Waals surface area contributed by atoms with E-state index < -0.39 is 5.97 Å². The zero-order valence-electron chi connectivity index (χ0n) is 13.0. The zero-order valence-corrected chi connectivity index (χ0v) is 13.0. The summed E-state index contributed by atoms with van der Waals surface area (Å²) in [4.78, 5) is 20.0. The molecule has 1 atom stereocenters. The first kappa shape index (κ1) is 15.6. The Hall–Kier alpha value is -1.78. The van der Waals surface area contributed by atoms with Crippen LogP contribution in [0.3, 0.4) is 0 Å². The van der Waals surface area contributed by atoms with Gasteiger partial charge in [0.1, 0.15) is 5.82 Å². The number of pyridine rings is 1. The molecule has 1 N–H and O–H groups in total. The molecule has 0 amide bonds. The number of aliphatic carboxylic acids is 1. The van der Waals surface area contributed by atoms with E-state index in [2.05, 4.69) is 33.8 Å². The third-order valence-electron chi connectivity index (χ3n) is 3.94. The zero-order chi connectivity index (χ0) is 15.2. The van der Waals surface area contributed by atoms with Crippen LogP contribution in [-0.2, 0) is 4.79 Å². The highest BCUT2D eigenvalue weighted by atomic mass is 16.4. The molecular weight excluding hydrogens is 266 g/mol. The van der Waals surface area contributed by atoms with Gasteiger partial charge in [0.25, 0.3) is 0 Å². The van der Waals surface area contributed by atoms with Crippen LogP contribution in [0.25, 0.3) is 0 Å². The molecule has 1 aromatic rings. The molecule has 5 heteroatoms. The van der Waals surface area contributed by atoms with Crippen LogP contribution in [0, 0.1) is 5.92 Å². The molecule has 5 nitrogen and oxygen atoms in total. The van der Waals surface area contributed by atoms with Gasteiger partial charge in [0.15, 0.2) is 0 Å². The predicted molar refractivity (Wildman–Crippen MR) is 85.0 cm³/mol. The molecule has 2 heterocycles. The van der Waals surface area contributed by atoms with E-state index in [-0.39, 0.29) is 5.92 Å². The summed E-state index contributed by atoms with van der Waals surface area (Å²) in [6.07, 6.45) is 5.33. The summed E-state index contributed by atoms with van der Waals surface area (Å²) in [6.45, 7) is 7.39. The second kappa shape index (κ2) is 7.29. The van der Waals surface area contributed by atoms with Crippen molar-refractivity contribution in [2.75, 3.05) is 36.0 Å². The Kier molecular flexibility index (Phi) is 5.42. The maximum absolute atomic E-state index is 11.0. The summed E-state index contributed by atoms with van der Waals surface area (Å²) >= 11 is 0. The Morgan fingerprint density at radius 1 is 1.43 bits per heavy atom. The van der Waals surface area contributed by atoms with Gasteiger partial charge in [0.2, 0.25) is 0 Å². The number of carbonyl (C=O) groups is 1. The van der Waals surface area contributed by atoms with Crippen molar-refractivity contribution in [3.8, 4) is 0 Å². The van der Waals surface area contributed by atoms with E-state index in [4.69, 9.17) is 5.11 Å². The van der Waals surface area contributed by atoms with Gasteiger partial charge in [0.05, 0.1) is 17.8 Å². The third kappa shape index (κ3) is 4.09. The first-order valence-electron chi connectivity index (χ1n) is 7.80. The van der Waals surface area contributed by atoms with E-state index in [9.17, 15) is 4.79 Å². The van der Waals surface area contributed by atoms with E-state index in [1.54, 1.807) is 6.92 Å². The average Bonchev–Trinajstić information content (AvgIpc) is 3.01. The molecule has 1 unspecified atom stereocenters. The number of aromatic nitrogens is 1. The molecule has 0 saturated carbocycles. The van der Waals surface area contributed by atoms with E-state index >= 15 is 0 Å². The monoisotopic (exact) mass is 291 g/mol. The minimum atomic E-state index is -0.752. The molecular formula is C16H25N3O2. The van der Waals surface area contributed by atoms with Crippen molar-refractivity contribution >= 4 is 17.5 Å². The molecule has 116 valence electrons. The normalized spacial score (nSPS) is 16.0. The van der Waals surface area contributed by atoms with E-state index in [0.29, 0.717) is 6.54 Å². The Bertz CT molecular complexity index is 455. The molecule has 0 spiro atoms. The topological polar surface area (TPSA) is 56.7 Å². The summed E-state index contributed by atoms with van der Waals surface area (Å²) < 4.78 is 0. The fourth-order valence-electron chi connectivity index (χ4n) is 2.70. The molecule has 0 aliphatic carbocycles. The van der Waals surface area contributed by atoms with Crippen LogP contribution in [0.5, 0.6) is 0 Å². The fourth-order valence-corrected chi connectivity index (χ4v) is 2.70. The first-order valence-corrected chi connectivity index (χ1v) is 7.80. The maximum atomic E-state index is 11.0. The van der Waals surface area contributed by atoms with Crippen molar-refractivity contribution in [1.82, 2.24) is 4.98 Å². The smallest absolute Gasteiger partial charge is 0.308 e. The Balaban J connectivity index is 2.06. The lowest BCUT2D eigenvalue weighted by Gasteiger charge is -2.26. The third-order valence-corrected chi connectivity index (χ3v) is 3.94. The van der Waals surface area contributed by atoms with E-state index in [0.717, 1.165) is 37.6 Å². The lowest BCUT2D eigenvalue weighted by atomic mass is 10.1. The van der Waals surface area contributed by atoms with Crippen LogP contribution in [0.1, 0.15) is 33.1 Å². The highest BCUT2D eigenvalue weighted by Gasteiger charge is 2.17. The number of hydrogen-bond donors (Lipinski definition) is 1. The van der Waals surface area contributed by atoms with Gasteiger partial charge < -0.3 is 14.9 Å². The molecule has 1 fully saturated rings. The quantitative estimate of drug-likeness (QED) is 0.837. The van der Waals surface area contributed by atoms with Crippen molar-refractivity contribution in [3.63, 3.8) is 0 Å². The van der Waals surface area contributed by atoms with Gasteiger partial charge in [-0.25, -0.2) is 4.98 Å². The number of rotatable bonds is 7. The van der Waals surface area contributed by atoms with Crippen molar-refractivity contribution < 1.29 is 9.90 Å². The predicted octanol–water partition coefficient (Wildman–Crippen LogP) is 2.62. The van der Waals surface area contributed by atoms with Gasteiger partial charge in [-0.1, -0.05) is 13.8 Å². The summed E-state index contributed by atoms with van der Waals surface area (Å²) in [6, 6.07) is 4.11. The van der Waals surface area contributed by atoms with Gasteiger partial charge in [-0.05, 0) is 31.4 Å². The van der Waals surface area contributed by atoms with Gasteiger partial charge in [-0.15, -0.1) is 0 Å². The van der Waals surface area contributed by atoms with Crippen LogP contribution in [0.2, 0.25) is 0 Å².